The Morgan fingerprint density at radius 2 is 2.04 bits per heavy atom. The molecule has 2 heterocycles. The van der Waals surface area contributed by atoms with Gasteiger partial charge in [0.1, 0.15) is 17.0 Å². The van der Waals surface area contributed by atoms with Crippen molar-refractivity contribution in [3.05, 3.63) is 47.0 Å². The van der Waals surface area contributed by atoms with Crippen LogP contribution in [0.5, 0.6) is 5.75 Å². The fourth-order valence-corrected chi connectivity index (χ4v) is 2.98. The van der Waals surface area contributed by atoms with Gasteiger partial charge in [-0.1, -0.05) is 31.1 Å². The van der Waals surface area contributed by atoms with Crippen LogP contribution in [0.15, 0.2) is 28.8 Å². The molecule has 3 aromatic rings. The summed E-state index contributed by atoms with van der Waals surface area (Å²) >= 11 is 0. The van der Waals surface area contributed by atoms with Crippen LogP contribution in [-0.4, -0.2) is 17.3 Å². The summed E-state index contributed by atoms with van der Waals surface area (Å²) in [5.41, 5.74) is 5.05. The third-order valence-electron chi connectivity index (χ3n) is 4.21. The Balaban J connectivity index is 1.98. The summed E-state index contributed by atoms with van der Waals surface area (Å²) in [4.78, 5) is 4.62. The van der Waals surface area contributed by atoms with Crippen molar-refractivity contribution in [3.8, 4) is 5.75 Å². The molecule has 0 amide bonds. The van der Waals surface area contributed by atoms with Gasteiger partial charge in [-0.3, -0.25) is 0 Å². The second-order valence-corrected chi connectivity index (χ2v) is 5.76. The maximum Gasteiger partial charge on any atom is 0.145 e. The molecule has 0 unspecified atom stereocenters. The number of methoxy groups -OCH3 is 1. The van der Waals surface area contributed by atoms with Crippen molar-refractivity contribution in [3.63, 3.8) is 0 Å². The van der Waals surface area contributed by atoms with Crippen molar-refractivity contribution in [2.24, 2.45) is 0 Å². The van der Waals surface area contributed by atoms with E-state index in [0.717, 1.165) is 57.9 Å². The van der Waals surface area contributed by atoms with E-state index in [1.165, 1.54) is 0 Å². The molecule has 0 aliphatic heterocycles. The smallest absolute Gasteiger partial charge is 0.145 e. The number of nitrogens with zero attached hydrogens (tertiary/aromatic N) is 2. The predicted octanol–water partition coefficient (Wildman–Crippen LogP) is 4.28. The molecule has 126 valence electrons. The molecule has 0 aliphatic carbocycles. The van der Waals surface area contributed by atoms with Crippen molar-refractivity contribution < 1.29 is 9.26 Å². The maximum absolute atomic E-state index is 5.45. The summed E-state index contributed by atoms with van der Waals surface area (Å²) in [7, 11) is 1.67. The average Bonchev–Trinajstić information content (AvgIpc) is 3.01. The van der Waals surface area contributed by atoms with E-state index >= 15 is 0 Å². The van der Waals surface area contributed by atoms with Gasteiger partial charge in [0.05, 0.1) is 12.8 Å². The lowest BCUT2D eigenvalue weighted by Gasteiger charge is -2.13. The van der Waals surface area contributed by atoms with Gasteiger partial charge in [-0.2, -0.15) is 0 Å². The third kappa shape index (κ3) is 2.94. The molecule has 5 nitrogen and oxygen atoms in total. The van der Waals surface area contributed by atoms with Crippen LogP contribution in [0, 0.1) is 6.92 Å². The maximum atomic E-state index is 5.45. The molecule has 1 N–H and O–H groups in total. The van der Waals surface area contributed by atoms with Gasteiger partial charge < -0.3 is 14.6 Å². The Morgan fingerprint density at radius 1 is 1.21 bits per heavy atom. The minimum Gasteiger partial charge on any atom is -0.494 e. The highest BCUT2D eigenvalue weighted by Gasteiger charge is 2.14. The highest BCUT2D eigenvalue weighted by atomic mass is 16.5. The second kappa shape index (κ2) is 6.91. The number of anilines is 1. The van der Waals surface area contributed by atoms with E-state index in [0.29, 0.717) is 6.54 Å². The van der Waals surface area contributed by atoms with Gasteiger partial charge >= 0.3 is 0 Å². The zero-order chi connectivity index (χ0) is 17.1. The molecule has 0 bridgehead atoms. The van der Waals surface area contributed by atoms with Crippen LogP contribution in [-0.2, 0) is 19.4 Å². The lowest BCUT2D eigenvalue weighted by molar-refractivity contribution is 0.380. The minimum absolute atomic E-state index is 0.686. The van der Waals surface area contributed by atoms with E-state index in [-0.39, 0.29) is 0 Å². The van der Waals surface area contributed by atoms with Crippen molar-refractivity contribution >= 4 is 16.6 Å². The quantitative estimate of drug-likeness (QED) is 0.733. The molecule has 0 spiro atoms. The molecular formula is C19H23N3O2. The number of aryl methyl sites for hydroxylation is 3. The number of hydrogen-bond acceptors (Lipinski definition) is 5. The molecule has 2 aromatic heterocycles. The van der Waals surface area contributed by atoms with Crippen molar-refractivity contribution in [2.75, 3.05) is 12.4 Å². The number of benzene rings is 1. The molecule has 0 aliphatic rings. The van der Waals surface area contributed by atoms with Gasteiger partial charge in [0.2, 0.25) is 0 Å². The summed E-state index contributed by atoms with van der Waals surface area (Å²) in [6.07, 6.45) is 1.71. The van der Waals surface area contributed by atoms with Gasteiger partial charge in [-0.05, 0) is 25.5 Å². The summed E-state index contributed by atoms with van der Waals surface area (Å²) in [5.74, 6) is 1.74. The molecule has 24 heavy (non-hydrogen) atoms. The summed E-state index contributed by atoms with van der Waals surface area (Å²) < 4.78 is 10.9. The lowest BCUT2D eigenvalue weighted by Crippen LogP contribution is -2.05. The number of pyridine rings is 1. The first kappa shape index (κ1) is 16.3. The zero-order valence-corrected chi connectivity index (χ0v) is 14.6. The van der Waals surface area contributed by atoms with E-state index in [4.69, 9.17) is 9.26 Å². The Hall–Kier alpha value is -2.56. The van der Waals surface area contributed by atoms with Crippen LogP contribution < -0.4 is 10.1 Å². The Kier molecular flexibility index (Phi) is 4.69. The zero-order valence-electron chi connectivity index (χ0n) is 14.6. The molecule has 1 aromatic carbocycles. The second-order valence-electron chi connectivity index (χ2n) is 5.76. The van der Waals surface area contributed by atoms with Crippen molar-refractivity contribution in [2.45, 2.75) is 40.2 Å². The van der Waals surface area contributed by atoms with Gasteiger partial charge in [0, 0.05) is 35.3 Å². The van der Waals surface area contributed by atoms with Crippen LogP contribution in [0.1, 0.15) is 36.6 Å². The van der Waals surface area contributed by atoms with Crippen LogP contribution in [0.2, 0.25) is 0 Å². The van der Waals surface area contributed by atoms with Crippen LogP contribution >= 0.6 is 0 Å². The van der Waals surface area contributed by atoms with E-state index in [9.17, 15) is 0 Å². The SMILES string of the molecule is CCc1noc(CC)c1CNc1cc(C)nc2c(OC)cccc12. The highest BCUT2D eigenvalue weighted by molar-refractivity contribution is 5.95. The topological polar surface area (TPSA) is 60.2 Å². The average molecular weight is 325 g/mol. The summed E-state index contributed by atoms with van der Waals surface area (Å²) in [5, 5.41) is 8.76. The molecule has 0 atom stereocenters. The monoisotopic (exact) mass is 325 g/mol. The summed E-state index contributed by atoms with van der Waals surface area (Å²) in [6.45, 7) is 6.86. The lowest BCUT2D eigenvalue weighted by atomic mass is 10.1. The number of hydrogen-bond donors (Lipinski definition) is 1. The van der Waals surface area contributed by atoms with E-state index in [1.807, 2.05) is 19.1 Å². The molecule has 0 saturated carbocycles. The van der Waals surface area contributed by atoms with Crippen molar-refractivity contribution in [1.82, 2.24) is 10.1 Å². The first-order valence-corrected chi connectivity index (χ1v) is 8.32. The van der Waals surface area contributed by atoms with Crippen LogP contribution in [0.3, 0.4) is 0 Å². The molecule has 5 heteroatoms. The van der Waals surface area contributed by atoms with Gasteiger partial charge in [-0.15, -0.1) is 0 Å². The first-order valence-electron chi connectivity index (χ1n) is 8.32. The number of aromatic nitrogens is 2. The fourth-order valence-electron chi connectivity index (χ4n) is 2.98. The Bertz CT molecular complexity index is 834. The van der Waals surface area contributed by atoms with Gasteiger partial charge in [0.15, 0.2) is 0 Å². The number of fused-ring (bicyclic) bond motifs is 1. The van der Waals surface area contributed by atoms with Crippen molar-refractivity contribution in [1.29, 1.82) is 0 Å². The standard InChI is InChI=1S/C19H23N3O2/c1-5-15-14(17(6-2)24-22-15)11-20-16-10-12(3)21-19-13(16)8-7-9-18(19)23-4/h7-10H,5-6,11H2,1-4H3,(H,20,21). The van der Waals surface area contributed by atoms with E-state index < -0.39 is 0 Å². The molecule has 0 radical (unpaired) electrons. The Labute approximate surface area is 142 Å². The fraction of sp³-hybridized carbons (Fsp3) is 0.368. The number of ether oxygens (including phenoxy) is 1. The van der Waals surface area contributed by atoms with Crippen LogP contribution in [0.4, 0.5) is 5.69 Å². The van der Waals surface area contributed by atoms with E-state index in [2.05, 4.69) is 41.4 Å². The minimum atomic E-state index is 0.686. The number of nitrogens with one attached hydrogen (secondary N) is 1. The third-order valence-corrected chi connectivity index (χ3v) is 4.21. The van der Waals surface area contributed by atoms with Gasteiger partial charge in [0.25, 0.3) is 0 Å². The molecule has 3 rings (SSSR count). The predicted molar refractivity (Wildman–Crippen MR) is 95.6 cm³/mol. The number of para-hydroxylation sites is 1. The molecular weight excluding hydrogens is 302 g/mol. The largest absolute Gasteiger partial charge is 0.494 e. The van der Waals surface area contributed by atoms with Crippen LogP contribution in [0.25, 0.3) is 10.9 Å². The van der Waals surface area contributed by atoms with Gasteiger partial charge in [-0.25, -0.2) is 4.98 Å². The first-order chi connectivity index (χ1) is 11.7. The summed E-state index contributed by atoms with van der Waals surface area (Å²) in [6, 6.07) is 8.04. The molecule has 0 fully saturated rings. The normalized spacial score (nSPS) is 11.0. The number of rotatable bonds is 6. The van der Waals surface area contributed by atoms with E-state index in [1.54, 1.807) is 7.11 Å². The molecule has 0 saturated heterocycles. The highest BCUT2D eigenvalue weighted by Crippen LogP contribution is 2.30. The Morgan fingerprint density at radius 3 is 2.75 bits per heavy atom.